The maximum absolute atomic E-state index is 14.2. The van der Waals surface area contributed by atoms with Crippen molar-refractivity contribution in [3.05, 3.63) is 65.7 Å². The number of para-hydroxylation sites is 2. The first kappa shape index (κ1) is 19.1. The summed E-state index contributed by atoms with van der Waals surface area (Å²) in [6, 6.07) is 14.2. The van der Waals surface area contributed by atoms with Crippen molar-refractivity contribution in [1.82, 2.24) is 14.9 Å². The first-order chi connectivity index (χ1) is 13.0. The Morgan fingerprint density at radius 3 is 2.56 bits per heavy atom. The van der Waals surface area contributed by atoms with E-state index in [1.807, 2.05) is 48.7 Å². The topological polar surface area (TPSA) is 46.9 Å². The van der Waals surface area contributed by atoms with E-state index in [4.69, 9.17) is 4.98 Å². The molecule has 0 aliphatic carbocycles. The van der Waals surface area contributed by atoms with Crippen LogP contribution in [0.15, 0.2) is 48.5 Å². The van der Waals surface area contributed by atoms with Crippen molar-refractivity contribution in [3.8, 4) is 0 Å². The van der Waals surface area contributed by atoms with E-state index in [2.05, 4.69) is 12.2 Å². The summed E-state index contributed by atoms with van der Waals surface area (Å²) in [4.78, 5) is 17.7. The lowest BCUT2D eigenvalue weighted by atomic mass is 10.1. The fourth-order valence-corrected chi connectivity index (χ4v) is 3.41. The summed E-state index contributed by atoms with van der Waals surface area (Å²) in [5.41, 5.74) is 2.30. The van der Waals surface area contributed by atoms with Crippen molar-refractivity contribution in [2.45, 2.75) is 52.1 Å². The molecule has 0 spiro atoms. The first-order valence-corrected chi connectivity index (χ1v) is 9.50. The standard InChI is InChI=1S/C22H26FN3O/c1-4-9-20(22(27)24-15(2)3)26-19-13-8-7-12-18(19)25-21(26)14-16-10-5-6-11-17(16)23/h5-8,10-13,15,20H,4,9,14H2,1-3H3,(H,24,27). The zero-order valence-corrected chi connectivity index (χ0v) is 16.1. The fourth-order valence-electron chi connectivity index (χ4n) is 3.41. The molecule has 142 valence electrons. The number of carbonyl (C=O) groups excluding carboxylic acids is 1. The molecule has 4 nitrogen and oxygen atoms in total. The van der Waals surface area contributed by atoms with Crippen LogP contribution in [0, 0.1) is 5.82 Å². The van der Waals surface area contributed by atoms with Crippen LogP contribution in [-0.2, 0) is 11.2 Å². The molecule has 2 aromatic carbocycles. The monoisotopic (exact) mass is 367 g/mol. The summed E-state index contributed by atoms with van der Waals surface area (Å²) < 4.78 is 16.2. The lowest BCUT2D eigenvalue weighted by Crippen LogP contribution is -2.37. The van der Waals surface area contributed by atoms with E-state index in [1.165, 1.54) is 6.07 Å². The molecule has 0 aliphatic rings. The van der Waals surface area contributed by atoms with Gasteiger partial charge in [0, 0.05) is 12.5 Å². The van der Waals surface area contributed by atoms with Crippen molar-refractivity contribution in [2.75, 3.05) is 0 Å². The largest absolute Gasteiger partial charge is 0.352 e. The van der Waals surface area contributed by atoms with Gasteiger partial charge in [0.05, 0.1) is 11.0 Å². The highest BCUT2D eigenvalue weighted by molar-refractivity contribution is 5.84. The average molecular weight is 367 g/mol. The second-order valence-electron chi connectivity index (χ2n) is 7.12. The molecular formula is C22H26FN3O. The van der Waals surface area contributed by atoms with Gasteiger partial charge in [-0.2, -0.15) is 0 Å². The van der Waals surface area contributed by atoms with Gasteiger partial charge in [-0.05, 0) is 44.0 Å². The Morgan fingerprint density at radius 1 is 1.15 bits per heavy atom. The number of rotatable bonds is 7. The Bertz CT molecular complexity index is 932. The molecule has 1 N–H and O–H groups in total. The van der Waals surface area contributed by atoms with Crippen molar-refractivity contribution < 1.29 is 9.18 Å². The van der Waals surface area contributed by atoms with E-state index in [0.717, 1.165) is 17.5 Å². The molecule has 1 atom stereocenters. The summed E-state index contributed by atoms with van der Waals surface area (Å²) in [6.45, 7) is 5.96. The molecule has 3 aromatic rings. The highest BCUT2D eigenvalue weighted by Gasteiger charge is 2.25. The van der Waals surface area contributed by atoms with Gasteiger partial charge in [0.25, 0.3) is 0 Å². The van der Waals surface area contributed by atoms with E-state index in [0.29, 0.717) is 24.2 Å². The minimum atomic E-state index is -0.369. The molecule has 0 saturated carbocycles. The van der Waals surface area contributed by atoms with Gasteiger partial charge >= 0.3 is 0 Å². The molecule has 0 fully saturated rings. The van der Waals surface area contributed by atoms with Gasteiger partial charge in [-0.15, -0.1) is 0 Å². The fraction of sp³-hybridized carbons (Fsp3) is 0.364. The summed E-state index contributed by atoms with van der Waals surface area (Å²) >= 11 is 0. The highest BCUT2D eigenvalue weighted by Crippen LogP contribution is 2.27. The molecule has 0 aliphatic heterocycles. The maximum atomic E-state index is 14.2. The van der Waals surface area contributed by atoms with Crippen LogP contribution in [0.5, 0.6) is 0 Å². The number of carbonyl (C=O) groups is 1. The predicted molar refractivity (Wildman–Crippen MR) is 106 cm³/mol. The molecule has 3 rings (SSSR count). The Balaban J connectivity index is 2.11. The minimum absolute atomic E-state index is 0.0233. The van der Waals surface area contributed by atoms with Crippen LogP contribution < -0.4 is 5.32 Å². The number of nitrogens with zero attached hydrogens (tertiary/aromatic N) is 2. The Labute approximate surface area is 159 Å². The second-order valence-corrected chi connectivity index (χ2v) is 7.12. The van der Waals surface area contributed by atoms with Gasteiger partial charge in [-0.1, -0.05) is 43.7 Å². The molecule has 0 bridgehead atoms. The smallest absolute Gasteiger partial charge is 0.243 e. The number of aromatic nitrogens is 2. The highest BCUT2D eigenvalue weighted by atomic mass is 19.1. The Kier molecular flexibility index (Phi) is 5.89. The van der Waals surface area contributed by atoms with Gasteiger partial charge in [-0.25, -0.2) is 9.37 Å². The van der Waals surface area contributed by atoms with Gasteiger partial charge in [-0.3, -0.25) is 4.79 Å². The van der Waals surface area contributed by atoms with Gasteiger partial charge in [0.2, 0.25) is 5.91 Å². The number of benzene rings is 2. The zero-order valence-electron chi connectivity index (χ0n) is 16.1. The van der Waals surface area contributed by atoms with Gasteiger partial charge < -0.3 is 9.88 Å². The van der Waals surface area contributed by atoms with E-state index >= 15 is 0 Å². The van der Waals surface area contributed by atoms with E-state index < -0.39 is 0 Å². The maximum Gasteiger partial charge on any atom is 0.243 e. The predicted octanol–water partition coefficient (Wildman–Crippen LogP) is 4.63. The summed E-state index contributed by atoms with van der Waals surface area (Å²) in [5, 5.41) is 3.02. The van der Waals surface area contributed by atoms with Crippen molar-refractivity contribution in [2.24, 2.45) is 0 Å². The second kappa shape index (κ2) is 8.33. The van der Waals surface area contributed by atoms with Crippen molar-refractivity contribution in [1.29, 1.82) is 0 Å². The molecule has 1 amide bonds. The number of amides is 1. The Hall–Kier alpha value is -2.69. The third-order valence-electron chi connectivity index (χ3n) is 4.58. The third-order valence-corrected chi connectivity index (χ3v) is 4.58. The molecule has 1 unspecified atom stereocenters. The van der Waals surface area contributed by atoms with Crippen molar-refractivity contribution >= 4 is 16.9 Å². The van der Waals surface area contributed by atoms with E-state index in [9.17, 15) is 9.18 Å². The van der Waals surface area contributed by atoms with Crippen molar-refractivity contribution in [3.63, 3.8) is 0 Å². The molecule has 5 heteroatoms. The molecule has 0 radical (unpaired) electrons. The van der Waals surface area contributed by atoms with Crippen LogP contribution in [0.3, 0.4) is 0 Å². The summed E-state index contributed by atoms with van der Waals surface area (Å²) in [6.07, 6.45) is 1.90. The SMILES string of the molecule is CCCC(C(=O)NC(C)C)n1c(Cc2ccccc2F)nc2ccccc21. The molecule has 1 heterocycles. The van der Waals surface area contributed by atoms with E-state index in [-0.39, 0.29) is 23.8 Å². The number of imidazole rings is 1. The van der Waals surface area contributed by atoms with Crippen LogP contribution in [0.2, 0.25) is 0 Å². The Morgan fingerprint density at radius 2 is 1.85 bits per heavy atom. The lowest BCUT2D eigenvalue weighted by Gasteiger charge is -2.22. The minimum Gasteiger partial charge on any atom is -0.352 e. The zero-order chi connectivity index (χ0) is 19.4. The number of hydrogen-bond acceptors (Lipinski definition) is 2. The third kappa shape index (κ3) is 4.18. The number of halogens is 1. The average Bonchev–Trinajstić information content (AvgIpc) is 2.98. The molecule has 1 aromatic heterocycles. The van der Waals surface area contributed by atoms with Gasteiger partial charge in [0.15, 0.2) is 0 Å². The van der Waals surface area contributed by atoms with Crippen LogP contribution in [0.25, 0.3) is 11.0 Å². The number of fused-ring (bicyclic) bond motifs is 1. The lowest BCUT2D eigenvalue weighted by molar-refractivity contribution is -0.125. The van der Waals surface area contributed by atoms with Crippen LogP contribution in [-0.4, -0.2) is 21.5 Å². The molecule has 27 heavy (non-hydrogen) atoms. The van der Waals surface area contributed by atoms with Crippen LogP contribution in [0.4, 0.5) is 4.39 Å². The summed E-state index contributed by atoms with van der Waals surface area (Å²) in [5.74, 6) is 0.429. The van der Waals surface area contributed by atoms with Gasteiger partial charge in [0.1, 0.15) is 17.7 Å². The molecule has 0 saturated heterocycles. The normalized spacial score (nSPS) is 12.5. The quantitative estimate of drug-likeness (QED) is 0.662. The summed E-state index contributed by atoms with van der Waals surface area (Å²) in [7, 11) is 0. The van der Waals surface area contributed by atoms with Crippen LogP contribution >= 0.6 is 0 Å². The number of hydrogen-bond donors (Lipinski definition) is 1. The molecular weight excluding hydrogens is 341 g/mol. The first-order valence-electron chi connectivity index (χ1n) is 9.50. The van der Waals surface area contributed by atoms with Crippen LogP contribution in [0.1, 0.15) is 51.0 Å². The van der Waals surface area contributed by atoms with E-state index in [1.54, 1.807) is 12.1 Å². The number of nitrogens with one attached hydrogen (secondary N) is 1.